The Morgan fingerprint density at radius 3 is 2.25 bits per heavy atom. The van der Waals surface area contributed by atoms with Gasteiger partial charge in [0.05, 0.1) is 0 Å². The highest BCUT2D eigenvalue weighted by Crippen LogP contribution is 2.09. The van der Waals surface area contributed by atoms with Gasteiger partial charge >= 0.3 is 5.97 Å². The van der Waals surface area contributed by atoms with Crippen molar-refractivity contribution >= 4 is 11.9 Å². The largest absolute Gasteiger partial charge is 0.480 e. The molecule has 0 aromatic carbocycles. The van der Waals surface area contributed by atoms with Crippen molar-refractivity contribution in [2.24, 2.45) is 5.92 Å². The van der Waals surface area contributed by atoms with E-state index in [1.165, 1.54) is 13.3 Å². The average Bonchev–Trinajstić information content (AvgIpc) is 2.16. The van der Waals surface area contributed by atoms with Crippen molar-refractivity contribution in [3.63, 3.8) is 0 Å². The minimum Gasteiger partial charge on any atom is -0.480 e. The van der Waals surface area contributed by atoms with Gasteiger partial charge in [0.1, 0.15) is 6.04 Å². The third kappa shape index (κ3) is 8.26. The van der Waals surface area contributed by atoms with Gasteiger partial charge in [0.2, 0.25) is 5.91 Å². The fourth-order valence-electron chi connectivity index (χ4n) is 1.39. The summed E-state index contributed by atoms with van der Waals surface area (Å²) in [6.07, 6.45) is 4.63. The van der Waals surface area contributed by atoms with Crippen LogP contribution in [0.15, 0.2) is 0 Å². The number of rotatable bonds is 8. The van der Waals surface area contributed by atoms with E-state index in [9.17, 15) is 9.59 Å². The Labute approximate surface area is 97.4 Å². The molecule has 1 amide bonds. The van der Waals surface area contributed by atoms with Gasteiger partial charge in [0.25, 0.3) is 0 Å². The lowest BCUT2D eigenvalue weighted by Gasteiger charge is -2.09. The Hall–Kier alpha value is -1.06. The van der Waals surface area contributed by atoms with Crippen LogP contribution in [-0.4, -0.2) is 23.0 Å². The molecule has 1 atom stereocenters. The second kappa shape index (κ2) is 8.13. The highest BCUT2D eigenvalue weighted by atomic mass is 16.4. The van der Waals surface area contributed by atoms with E-state index >= 15 is 0 Å². The summed E-state index contributed by atoms with van der Waals surface area (Å²) in [5.41, 5.74) is 0. The lowest BCUT2D eigenvalue weighted by molar-refractivity contribution is -0.141. The van der Waals surface area contributed by atoms with Crippen LogP contribution in [0.5, 0.6) is 0 Å². The van der Waals surface area contributed by atoms with Crippen molar-refractivity contribution < 1.29 is 14.7 Å². The SMILES string of the molecule is CC(C)CCCCCC(=O)N[C@H](C)C(=O)O. The molecule has 0 aliphatic heterocycles. The van der Waals surface area contributed by atoms with Crippen LogP contribution in [0.4, 0.5) is 0 Å². The molecule has 4 nitrogen and oxygen atoms in total. The Balaban J connectivity index is 3.48. The lowest BCUT2D eigenvalue weighted by Crippen LogP contribution is -2.38. The van der Waals surface area contributed by atoms with E-state index in [4.69, 9.17) is 5.11 Å². The number of carboxylic acid groups (broad SMARTS) is 1. The second-order valence-electron chi connectivity index (χ2n) is 4.62. The number of carbonyl (C=O) groups excluding carboxylic acids is 1. The van der Waals surface area contributed by atoms with Gasteiger partial charge in [-0.05, 0) is 19.3 Å². The summed E-state index contributed by atoms with van der Waals surface area (Å²) in [4.78, 5) is 21.8. The van der Waals surface area contributed by atoms with Crippen LogP contribution in [0, 0.1) is 5.92 Å². The molecule has 0 aliphatic rings. The molecular weight excluding hydrogens is 206 g/mol. The number of hydrogen-bond donors (Lipinski definition) is 2. The molecule has 2 N–H and O–H groups in total. The molecule has 16 heavy (non-hydrogen) atoms. The maximum absolute atomic E-state index is 11.3. The van der Waals surface area contributed by atoms with Gasteiger partial charge in [-0.25, -0.2) is 0 Å². The van der Waals surface area contributed by atoms with Crippen LogP contribution in [0.1, 0.15) is 52.9 Å². The van der Waals surface area contributed by atoms with E-state index in [1.807, 2.05) is 0 Å². The second-order valence-corrected chi connectivity index (χ2v) is 4.62. The maximum atomic E-state index is 11.3. The zero-order valence-electron chi connectivity index (χ0n) is 10.5. The van der Waals surface area contributed by atoms with Gasteiger partial charge in [-0.3, -0.25) is 9.59 Å². The summed E-state index contributed by atoms with van der Waals surface area (Å²) in [5.74, 6) is -0.450. The first-order valence-corrected chi connectivity index (χ1v) is 5.95. The predicted molar refractivity (Wildman–Crippen MR) is 63.2 cm³/mol. The molecule has 0 radical (unpaired) electrons. The highest BCUT2D eigenvalue weighted by Gasteiger charge is 2.12. The van der Waals surface area contributed by atoms with Gasteiger partial charge in [-0.1, -0.05) is 33.1 Å². The molecular formula is C12H23NO3. The van der Waals surface area contributed by atoms with Crippen molar-refractivity contribution in [3.8, 4) is 0 Å². The number of carboxylic acids is 1. The first-order valence-electron chi connectivity index (χ1n) is 5.95. The van der Waals surface area contributed by atoms with Crippen molar-refractivity contribution in [3.05, 3.63) is 0 Å². The predicted octanol–water partition coefficient (Wildman–Crippen LogP) is 2.18. The van der Waals surface area contributed by atoms with Crippen LogP contribution >= 0.6 is 0 Å². The molecule has 0 saturated heterocycles. The van der Waals surface area contributed by atoms with E-state index in [1.54, 1.807) is 0 Å². The van der Waals surface area contributed by atoms with Crippen LogP contribution in [0.3, 0.4) is 0 Å². The van der Waals surface area contributed by atoms with Crippen LogP contribution in [0.25, 0.3) is 0 Å². The number of amides is 1. The van der Waals surface area contributed by atoms with E-state index < -0.39 is 12.0 Å². The number of nitrogens with one attached hydrogen (secondary N) is 1. The molecule has 0 aromatic rings. The van der Waals surface area contributed by atoms with Gasteiger partial charge in [-0.2, -0.15) is 0 Å². The summed E-state index contributed by atoms with van der Waals surface area (Å²) in [6, 6.07) is -0.789. The minimum absolute atomic E-state index is 0.167. The Bertz CT molecular complexity index is 226. The smallest absolute Gasteiger partial charge is 0.325 e. The highest BCUT2D eigenvalue weighted by molar-refractivity contribution is 5.83. The van der Waals surface area contributed by atoms with Gasteiger partial charge in [-0.15, -0.1) is 0 Å². The Kier molecular flexibility index (Phi) is 7.60. The van der Waals surface area contributed by atoms with E-state index in [0.29, 0.717) is 12.3 Å². The standard InChI is InChI=1S/C12H23NO3/c1-9(2)7-5-4-6-8-11(14)13-10(3)12(15)16/h9-10H,4-8H2,1-3H3,(H,13,14)(H,15,16)/t10-/m1/s1. The summed E-state index contributed by atoms with van der Waals surface area (Å²) in [5, 5.41) is 11.0. The Morgan fingerprint density at radius 2 is 1.75 bits per heavy atom. The van der Waals surface area contributed by atoms with E-state index in [2.05, 4.69) is 19.2 Å². The molecule has 94 valence electrons. The summed E-state index contributed by atoms with van der Waals surface area (Å²) in [7, 11) is 0. The fourth-order valence-corrected chi connectivity index (χ4v) is 1.39. The van der Waals surface area contributed by atoms with Crippen molar-refractivity contribution in [2.75, 3.05) is 0 Å². The Morgan fingerprint density at radius 1 is 1.12 bits per heavy atom. The van der Waals surface area contributed by atoms with Crippen LogP contribution in [-0.2, 0) is 9.59 Å². The summed E-state index contributed by atoms with van der Waals surface area (Å²) < 4.78 is 0. The molecule has 0 fully saturated rings. The van der Waals surface area contributed by atoms with E-state index in [0.717, 1.165) is 19.3 Å². The average molecular weight is 229 g/mol. The topological polar surface area (TPSA) is 66.4 Å². The van der Waals surface area contributed by atoms with Gasteiger partial charge in [0.15, 0.2) is 0 Å². The molecule has 0 rings (SSSR count). The fraction of sp³-hybridized carbons (Fsp3) is 0.833. The molecule has 4 heteroatoms. The third-order valence-corrected chi connectivity index (χ3v) is 2.43. The van der Waals surface area contributed by atoms with Crippen molar-refractivity contribution in [1.82, 2.24) is 5.32 Å². The molecule has 0 aliphatic carbocycles. The number of unbranched alkanes of at least 4 members (excludes halogenated alkanes) is 2. The molecule has 0 bridgehead atoms. The van der Waals surface area contributed by atoms with Gasteiger partial charge < -0.3 is 10.4 Å². The maximum Gasteiger partial charge on any atom is 0.325 e. The third-order valence-electron chi connectivity index (χ3n) is 2.43. The molecule has 0 spiro atoms. The lowest BCUT2D eigenvalue weighted by atomic mass is 10.0. The normalized spacial score (nSPS) is 12.5. The zero-order valence-corrected chi connectivity index (χ0v) is 10.5. The number of carbonyl (C=O) groups is 2. The molecule has 0 unspecified atom stereocenters. The van der Waals surface area contributed by atoms with Gasteiger partial charge in [0, 0.05) is 6.42 Å². The first kappa shape index (κ1) is 14.9. The molecule has 0 heterocycles. The van der Waals surface area contributed by atoms with Crippen LogP contribution < -0.4 is 5.32 Å². The first-order chi connectivity index (χ1) is 7.43. The molecule has 0 aromatic heterocycles. The van der Waals surface area contributed by atoms with Crippen molar-refractivity contribution in [2.45, 2.75) is 58.9 Å². The summed E-state index contributed by atoms with van der Waals surface area (Å²) >= 11 is 0. The number of aliphatic carboxylic acids is 1. The minimum atomic E-state index is -0.992. The monoisotopic (exact) mass is 229 g/mol. The zero-order chi connectivity index (χ0) is 12.6. The summed E-state index contributed by atoms with van der Waals surface area (Å²) in [6.45, 7) is 5.83. The van der Waals surface area contributed by atoms with E-state index in [-0.39, 0.29) is 5.91 Å². The van der Waals surface area contributed by atoms with Crippen molar-refractivity contribution in [1.29, 1.82) is 0 Å². The van der Waals surface area contributed by atoms with Crippen LogP contribution in [0.2, 0.25) is 0 Å². The number of hydrogen-bond acceptors (Lipinski definition) is 2. The quantitative estimate of drug-likeness (QED) is 0.627. The molecule has 0 saturated carbocycles.